The highest BCUT2D eigenvalue weighted by Crippen LogP contribution is 2.31. The highest BCUT2D eigenvalue weighted by Gasteiger charge is 2.16. The number of halogens is 2. The van der Waals surface area contributed by atoms with Gasteiger partial charge < -0.3 is 4.42 Å². The maximum Gasteiger partial charge on any atom is 0.275 e. The Kier molecular flexibility index (Phi) is 4.13. The molecule has 1 aromatic heterocycles. The number of amides is 1. The Balaban J connectivity index is 1.82. The minimum absolute atomic E-state index is 0.324. The van der Waals surface area contributed by atoms with Crippen molar-refractivity contribution < 1.29 is 9.21 Å². The molecule has 6 heteroatoms. The number of furan rings is 1. The highest BCUT2D eigenvalue weighted by molar-refractivity contribution is 6.38. The van der Waals surface area contributed by atoms with Gasteiger partial charge in [-0.1, -0.05) is 53.5 Å². The number of carbonyl (C=O) groups is 1. The zero-order valence-electron chi connectivity index (χ0n) is 11.2. The minimum Gasteiger partial charge on any atom is -0.462 e. The first-order valence-electron chi connectivity index (χ1n) is 6.40. The van der Waals surface area contributed by atoms with Crippen LogP contribution in [0.2, 0.25) is 10.0 Å². The van der Waals surface area contributed by atoms with Crippen LogP contribution in [0, 0.1) is 0 Å². The van der Waals surface area contributed by atoms with Crippen molar-refractivity contribution in [3.05, 3.63) is 69.9 Å². The average molecular weight is 333 g/mol. The largest absolute Gasteiger partial charge is 0.462 e. The molecule has 0 atom stereocenters. The van der Waals surface area contributed by atoms with Crippen molar-refractivity contribution in [2.45, 2.75) is 0 Å². The van der Waals surface area contributed by atoms with E-state index < -0.39 is 5.91 Å². The van der Waals surface area contributed by atoms with Gasteiger partial charge in [0.05, 0.1) is 16.8 Å². The van der Waals surface area contributed by atoms with Gasteiger partial charge in [-0.25, -0.2) is 5.43 Å². The van der Waals surface area contributed by atoms with E-state index in [9.17, 15) is 4.79 Å². The first-order chi connectivity index (χ1) is 10.6. The lowest BCUT2D eigenvalue weighted by atomic mass is 10.1. The Morgan fingerprint density at radius 1 is 1.18 bits per heavy atom. The molecular formula is C16H10Cl2N2O2. The van der Waals surface area contributed by atoms with E-state index >= 15 is 0 Å². The molecule has 3 rings (SSSR count). The van der Waals surface area contributed by atoms with Gasteiger partial charge in [-0.05, 0) is 17.7 Å². The summed E-state index contributed by atoms with van der Waals surface area (Å²) in [6.07, 6.45) is 2.89. The average Bonchev–Trinajstić information content (AvgIpc) is 2.92. The molecule has 0 saturated carbocycles. The summed E-state index contributed by atoms with van der Waals surface area (Å²) in [5.41, 5.74) is 4.07. The molecule has 0 radical (unpaired) electrons. The predicted molar refractivity (Wildman–Crippen MR) is 87.7 cm³/mol. The van der Waals surface area contributed by atoms with Gasteiger partial charge in [0.25, 0.3) is 5.91 Å². The lowest BCUT2D eigenvalue weighted by Crippen LogP contribution is -2.17. The fourth-order valence-electron chi connectivity index (χ4n) is 2.00. The first kappa shape index (κ1) is 14.6. The van der Waals surface area contributed by atoms with Crippen molar-refractivity contribution in [3.63, 3.8) is 0 Å². The molecule has 0 aliphatic heterocycles. The second-order valence-corrected chi connectivity index (χ2v) is 5.37. The van der Waals surface area contributed by atoms with Gasteiger partial charge in [-0.15, -0.1) is 0 Å². The zero-order valence-corrected chi connectivity index (χ0v) is 12.7. The molecule has 1 heterocycles. The summed E-state index contributed by atoms with van der Waals surface area (Å²) in [6.45, 7) is 0. The van der Waals surface area contributed by atoms with Crippen LogP contribution in [-0.2, 0) is 0 Å². The molecule has 110 valence electrons. The minimum atomic E-state index is -0.399. The number of nitrogens with zero attached hydrogens (tertiary/aromatic N) is 1. The van der Waals surface area contributed by atoms with Gasteiger partial charge in [0, 0.05) is 10.4 Å². The molecule has 0 aliphatic carbocycles. The third-order valence-electron chi connectivity index (χ3n) is 3.02. The summed E-state index contributed by atoms with van der Waals surface area (Å²) in [5, 5.41) is 5.25. The monoisotopic (exact) mass is 332 g/mol. The molecule has 0 unspecified atom stereocenters. The smallest absolute Gasteiger partial charge is 0.275 e. The summed E-state index contributed by atoms with van der Waals surface area (Å²) in [4.78, 5) is 12.2. The Labute approximate surface area is 136 Å². The molecule has 1 N–H and O–H groups in total. The molecule has 0 fully saturated rings. The van der Waals surface area contributed by atoms with E-state index in [1.807, 2.05) is 30.3 Å². The number of fused-ring (bicyclic) bond motifs is 1. The van der Waals surface area contributed by atoms with Gasteiger partial charge in [0.15, 0.2) is 5.58 Å². The second kappa shape index (κ2) is 6.22. The standard InChI is InChI=1S/C16H10Cl2N2O2/c17-11-6-12-13(9-22-15(12)14(18)7-11)16(21)20-19-8-10-4-2-1-3-5-10/h1-9H,(H,20,21)/b19-8+. The number of hydrogen-bond donors (Lipinski definition) is 1. The van der Waals surface area contributed by atoms with Crippen molar-refractivity contribution in [2.24, 2.45) is 5.10 Å². The van der Waals surface area contributed by atoms with Crippen LogP contribution in [0.1, 0.15) is 15.9 Å². The van der Waals surface area contributed by atoms with Gasteiger partial charge in [-0.2, -0.15) is 5.10 Å². The molecule has 0 aliphatic rings. The van der Waals surface area contributed by atoms with E-state index in [1.54, 1.807) is 18.3 Å². The quantitative estimate of drug-likeness (QED) is 0.567. The van der Waals surface area contributed by atoms with Crippen molar-refractivity contribution in [3.8, 4) is 0 Å². The molecule has 22 heavy (non-hydrogen) atoms. The number of hydrazone groups is 1. The zero-order chi connectivity index (χ0) is 15.5. The van der Waals surface area contributed by atoms with Crippen LogP contribution in [0.15, 0.2) is 58.2 Å². The van der Waals surface area contributed by atoms with Crippen LogP contribution in [0.5, 0.6) is 0 Å². The van der Waals surface area contributed by atoms with E-state index in [4.69, 9.17) is 27.6 Å². The van der Waals surface area contributed by atoms with Gasteiger partial charge in [0.1, 0.15) is 6.26 Å². The summed E-state index contributed by atoms with van der Waals surface area (Å²) >= 11 is 12.0. The summed E-state index contributed by atoms with van der Waals surface area (Å²) < 4.78 is 5.32. The van der Waals surface area contributed by atoms with Gasteiger partial charge >= 0.3 is 0 Å². The van der Waals surface area contributed by atoms with E-state index in [1.165, 1.54) is 6.26 Å². The Morgan fingerprint density at radius 3 is 2.73 bits per heavy atom. The molecule has 0 bridgehead atoms. The normalized spacial score (nSPS) is 11.2. The number of hydrogen-bond acceptors (Lipinski definition) is 3. The number of rotatable bonds is 3. The molecule has 2 aromatic carbocycles. The molecule has 3 aromatic rings. The van der Waals surface area contributed by atoms with Crippen molar-refractivity contribution >= 4 is 46.3 Å². The van der Waals surface area contributed by atoms with Crippen molar-refractivity contribution in [1.82, 2.24) is 5.43 Å². The van der Waals surface area contributed by atoms with Gasteiger partial charge in [-0.3, -0.25) is 4.79 Å². The molecule has 0 spiro atoms. The van der Waals surface area contributed by atoms with Crippen LogP contribution in [0.25, 0.3) is 11.0 Å². The lowest BCUT2D eigenvalue weighted by Gasteiger charge is -1.98. The molecule has 4 nitrogen and oxygen atoms in total. The van der Waals surface area contributed by atoms with E-state index in [0.717, 1.165) is 5.56 Å². The summed E-state index contributed by atoms with van der Waals surface area (Å²) in [7, 11) is 0. The second-order valence-electron chi connectivity index (χ2n) is 4.52. The number of carbonyl (C=O) groups excluding carboxylic acids is 1. The topological polar surface area (TPSA) is 54.6 Å². The van der Waals surface area contributed by atoms with E-state index in [2.05, 4.69) is 10.5 Å². The highest BCUT2D eigenvalue weighted by atomic mass is 35.5. The van der Waals surface area contributed by atoms with Crippen LogP contribution >= 0.6 is 23.2 Å². The molecular weight excluding hydrogens is 323 g/mol. The maximum atomic E-state index is 12.2. The third kappa shape index (κ3) is 2.98. The number of nitrogens with one attached hydrogen (secondary N) is 1. The van der Waals surface area contributed by atoms with Crippen LogP contribution in [-0.4, -0.2) is 12.1 Å². The van der Waals surface area contributed by atoms with Crippen LogP contribution < -0.4 is 5.43 Å². The first-order valence-corrected chi connectivity index (χ1v) is 7.15. The van der Waals surface area contributed by atoms with Crippen molar-refractivity contribution in [1.29, 1.82) is 0 Å². The van der Waals surface area contributed by atoms with E-state index in [0.29, 0.717) is 26.6 Å². The van der Waals surface area contributed by atoms with E-state index in [-0.39, 0.29) is 0 Å². The lowest BCUT2D eigenvalue weighted by molar-refractivity contribution is 0.0956. The fraction of sp³-hybridized carbons (Fsp3) is 0. The summed E-state index contributed by atoms with van der Waals surface area (Å²) in [6, 6.07) is 12.6. The van der Waals surface area contributed by atoms with Crippen LogP contribution in [0.4, 0.5) is 0 Å². The predicted octanol–water partition coefficient (Wildman–Crippen LogP) is 4.50. The third-order valence-corrected chi connectivity index (χ3v) is 3.52. The SMILES string of the molecule is O=C(N/N=C/c1ccccc1)c1coc2c(Cl)cc(Cl)cc12. The number of benzene rings is 2. The summed E-state index contributed by atoms with van der Waals surface area (Å²) in [5.74, 6) is -0.399. The Hall–Kier alpha value is -2.30. The Bertz CT molecular complexity index is 857. The van der Waals surface area contributed by atoms with Gasteiger partial charge in [0.2, 0.25) is 0 Å². The van der Waals surface area contributed by atoms with Crippen LogP contribution in [0.3, 0.4) is 0 Å². The fourth-order valence-corrected chi connectivity index (χ4v) is 2.54. The Morgan fingerprint density at radius 2 is 1.95 bits per heavy atom. The maximum absolute atomic E-state index is 12.2. The molecule has 1 amide bonds. The molecule has 0 saturated heterocycles. The van der Waals surface area contributed by atoms with Crippen molar-refractivity contribution in [2.75, 3.05) is 0 Å².